The summed E-state index contributed by atoms with van der Waals surface area (Å²) in [6, 6.07) is 5.45. The number of aromatic nitrogens is 3. The van der Waals surface area contributed by atoms with Crippen LogP contribution in [0.2, 0.25) is 0 Å². The number of halogens is 2. The zero-order chi connectivity index (χ0) is 25.2. The van der Waals surface area contributed by atoms with Crippen LogP contribution in [0.1, 0.15) is 28.0 Å². The minimum atomic E-state index is -1.88. The molecule has 0 saturated carbocycles. The summed E-state index contributed by atoms with van der Waals surface area (Å²) in [5.74, 6) is -0.0823. The van der Waals surface area contributed by atoms with Crippen molar-refractivity contribution in [1.29, 1.82) is 0 Å². The summed E-state index contributed by atoms with van der Waals surface area (Å²) < 4.78 is 35.8. The maximum absolute atomic E-state index is 14.8. The predicted molar refractivity (Wildman–Crippen MR) is 134 cm³/mol. The molecule has 3 N–H and O–H groups in total. The predicted octanol–water partition coefficient (Wildman–Crippen LogP) is 3.72. The number of anilines is 2. The standard InChI is InChI=1S/C26H28F2N6O2/c1-15-11-17(3-4-18(15)26(35)32-13-16-7-8-29-12-16)33-24-25-31-14-20(34(25)10-9-30-24)19-5-6-21(36-2)23(28)22(19)27/h3-6,9-11,14,16,21,23,29H,7-8,12-13H2,1-2H3,(H,30,33)(H,32,35). The molecule has 188 valence electrons. The zero-order valence-corrected chi connectivity index (χ0v) is 20.1. The van der Waals surface area contributed by atoms with Crippen LogP contribution in [0.5, 0.6) is 0 Å². The van der Waals surface area contributed by atoms with Gasteiger partial charge in [-0.3, -0.25) is 9.20 Å². The smallest absolute Gasteiger partial charge is 0.251 e. The molecule has 1 aliphatic carbocycles. The number of rotatable bonds is 7. The molecule has 2 aliphatic rings. The van der Waals surface area contributed by atoms with Crippen LogP contribution in [0.15, 0.2) is 54.8 Å². The quantitative estimate of drug-likeness (QED) is 0.464. The lowest BCUT2D eigenvalue weighted by Crippen LogP contribution is -2.30. The summed E-state index contributed by atoms with van der Waals surface area (Å²) in [7, 11) is 1.34. The summed E-state index contributed by atoms with van der Waals surface area (Å²) >= 11 is 0. The molecule has 0 radical (unpaired) electrons. The second-order valence-electron chi connectivity index (χ2n) is 9.06. The van der Waals surface area contributed by atoms with Crippen molar-refractivity contribution in [3.05, 3.63) is 71.6 Å². The minimum absolute atomic E-state index is 0.0956. The van der Waals surface area contributed by atoms with E-state index >= 15 is 0 Å². The highest BCUT2D eigenvalue weighted by atomic mass is 19.2. The Kier molecular flexibility index (Phi) is 6.80. The number of hydrogen-bond acceptors (Lipinski definition) is 6. The van der Waals surface area contributed by atoms with E-state index in [2.05, 4.69) is 25.9 Å². The SMILES string of the molecule is COC1C=CC(c2cnc3c(Nc4ccc(C(=O)NCC5CCNC5)c(C)c4)nccn23)=C(F)C1F. The van der Waals surface area contributed by atoms with E-state index in [0.717, 1.165) is 30.8 Å². The molecule has 10 heteroatoms. The molecule has 2 aromatic heterocycles. The molecule has 1 aromatic carbocycles. The second-order valence-corrected chi connectivity index (χ2v) is 9.06. The van der Waals surface area contributed by atoms with Gasteiger partial charge in [0, 0.05) is 42.9 Å². The van der Waals surface area contributed by atoms with E-state index in [1.165, 1.54) is 25.5 Å². The van der Waals surface area contributed by atoms with Gasteiger partial charge in [-0.1, -0.05) is 12.2 Å². The molecule has 1 aliphatic heterocycles. The first-order valence-electron chi connectivity index (χ1n) is 11.9. The molecular formula is C26H28F2N6O2. The van der Waals surface area contributed by atoms with Gasteiger partial charge in [-0.05, 0) is 56.1 Å². The largest absolute Gasteiger partial charge is 0.374 e. The number of allylic oxidation sites excluding steroid dienone is 2. The molecule has 5 rings (SSSR count). The third-order valence-corrected chi connectivity index (χ3v) is 6.66. The van der Waals surface area contributed by atoms with Gasteiger partial charge in [0.1, 0.15) is 11.9 Å². The van der Waals surface area contributed by atoms with Crippen LogP contribution >= 0.6 is 0 Å². The van der Waals surface area contributed by atoms with Crippen molar-refractivity contribution >= 4 is 28.6 Å². The van der Waals surface area contributed by atoms with Crippen LogP contribution in [-0.4, -0.2) is 59.3 Å². The Bertz CT molecular complexity index is 1350. The van der Waals surface area contributed by atoms with Crippen molar-refractivity contribution in [1.82, 2.24) is 25.0 Å². The Hall–Kier alpha value is -3.63. The van der Waals surface area contributed by atoms with Gasteiger partial charge in [0.2, 0.25) is 0 Å². The van der Waals surface area contributed by atoms with Gasteiger partial charge in [-0.25, -0.2) is 18.7 Å². The molecule has 1 fully saturated rings. The number of imidazole rings is 1. The van der Waals surface area contributed by atoms with E-state index in [1.54, 1.807) is 28.9 Å². The lowest BCUT2D eigenvalue weighted by molar-refractivity contribution is 0.0715. The normalized spacial score (nSPS) is 21.8. The van der Waals surface area contributed by atoms with Crippen LogP contribution < -0.4 is 16.0 Å². The van der Waals surface area contributed by atoms with E-state index in [4.69, 9.17) is 4.74 Å². The Balaban J connectivity index is 1.35. The highest BCUT2D eigenvalue weighted by molar-refractivity contribution is 5.96. The average Bonchev–Trinajstić information content (AvgIpc) is 3.55. The Morgan fingerprint density at radius 1 is 1.33 bits per heavy atom. The first kappa shape index (κ1) is 24.1. The maximum Gasteiger partial charge on any atom is 0.251 e. The number of alkyl halides is 1. The molecule has 3 atom stereocenters. The summed E-state index contributed by atoms with van der Waals surface area (Å²) in [6.45, 7) is 4.45. The number of hydrogen-bond donors (Lipinski definition) is 3. The Morgan fingerprint density at radius 2 is 2.19 bits per heavy atom. The topological polar surface area (TPSA) is 92.6 Å². The van der Waals surface area contributed by atoms with Crippen LogP contribution in [0.25, 0.3) is 11.2 Å². The fraction of sp³-hybridized carbons (Fsp3) is 0.346. The number of carbonyl (C=O) groups excluding carboxylic acids is 1. The highest BCUT2D eigenvalue weighted by Gasteiger charge is 2.30. The molecule has 8 nitrogen and oxygen atoms in total. The zero-order valence-electron chi connectivity index (χ0n) is 20.1. The van der Waals surface area contributed by atoms with Crippen LogP contribution in [-0.2, 0) is 4.74 Å². The summed E-state index contributed by atoms with van der Waals surface area (Å²) in [6.07, 6.45) is 5.92. The van der Waals surface area contributed by atoms with Crippen molar-refractivity contribution in [2.24, 2.45) is 5.92 Å². The number of ether oxygens (including phenoxy) is 1. The molecule has 3 unspecified atom stereocenters. The van der Waals surface area contributed by atoms with Crippen LogP contribution in [0.3, 0.4) is 0 Å². The number of carbonyl (C=O) groups is 1. The molecular weight excluding hydrogens is 466 g/mol. The monoisotopic (exact) mass is 494 g/mol. The fourth-order valence-electron chi connectivity index (χ4n) is 4.63. The van der Waals surface area contributed by atoms with Crippen LogP contribution in [0.4, 0.5) is 20.3 Å². The number of methoxy groups -OCH3 is 1. The van der Waals surface area contributed by atoms with E-state index in [1.807, 2.05) is 13.0 Å². The highest BCUT2D eigenvalue weighted by Crippen LogP contribution is 2.33. The van der Waals surface area contributed by atoms with E-state index < -0.39 is 18.1 Å². The van der Waals surface area contributed by atoms with Crippen molar-refractivity contribution in [2.75, 3.05) is 32.1 Å². The van der Waals surface area contributed by atoms with Crippen molar-refractivity contribution < 1.29 is 18.3 Å². The number of fused-ring (bicyclic) bond motifs is 1. The first-order valence-corrected chi connectivity index (χ1v) is 11.9. The van der Waals surface area contributed by atoms with E-state index in [0.29, 0.717) is 35.2 Å². The lowest BCUT2D eigenvalue weighted by atomic mass is 10.00. The van der Waals surface area contributed by atoms with Gasteiger partial charge in [-0.2, -0.15) is 0 Å². The molecule has 0 spiro atoms. The maximum atomic E-state index is 14.8. The molecule has 1 amide bonds. The summed E-state index contributed by atoms with van der Waals surface area (Å²) in [5, 5.41) is 9.55. The third-order valence-electron chi connectivity index (χ3n) is 6.66. The first-order chi connectivity index (χ1) is 17.5. The van der Waals surface area contributed by atoms with Gasteiger partial charge in [0.25, 0.3) is 5.91 Å². The number of aryl methyl sites for hydroxylation is 1. The molecule has 3 heterocycles. The van der Waals surface area contributed by atoms with Crippen molar-refractivity contribution in [3.63, 3.8) is 0 Å². The Morgan fingerprint density at radius 3 is 2.94 bits per heavy atom. The van der Waals surface area contributed by atoms with Gasteiger partial charge in [0.05, 0.1) is 11.9 Å². The second kappa shape index (κ2) is 10.2. The number of nitrogens with one attached hydrogen (secondary N) is 3. The lowest BCUT2D eigenvalue weighted by Gasteiger charge is -2.20. The molecule has 3 aromatic rings. The molecule has 0 bridgehead atoms. The third kappa shape index (κ3) is 4.61. The Labute approximate surface area is 207 Å². The van der Waals surface area contributed by atoms with Gasteiger partial charge in [-0.15, -0.1) is 0 Å². The fourth-order valence-corrected chi connectivity index (χ4v) is 4.63. The summed E-state index contributed by atoms with van der Waals surface area (Å²) in [5.41, 5.74) is 3.13. The summed E-state index contributed by atoms with van der Waals surface area (Å²) in [4.78, 5) is 21.4. The molecule has 36 heavy (non-hydrogen) atoms. The van der Waals surface area contributed by atoms with Gasteiger partial charge in [0.15, 0.2) is 17.6 Å². The van der Waals surface area contributed by atoms with E-state index in [9.17, 15) is 13.6 Å². The van der Waals surface area contributed by atoms with Crippen LogP contribution in [0, 0.1) is 12.8 Å². The average molecular weight is 495 g/mol. The van der Waals surface area contributed by atoms with Crippen molar-refractivity contribution in [2.45, 2.75) is 25.6 Å². The molecule has 1 saturated heterocycles. The number of benzene rings is 1. The van der Waals surface area contributed by atoms with E-state index in [-0.39, 0.29) is 11.5 Å². The number of amides is 1. The number of nitrogens with zero attached hydrogens (tertiary/aromatic N) is 3. The minimum Gasteiger partial charge on any atom is -0.374 e. The van der Waals surface area contributed by atoms with Gasteiger partial charge >= 0.3 is 0 Å². The van der Waals surface area contributed by atoms with Crippen molar-refractivity contribution in [3.8, 4) is 0 Å². The van der Waals surface area contributed by atoms with Gasteiger partial charge < -0.3 is 20.7 Å².